The molecule has 2 N–H and O–H groups in total. The van der Waals surface area contributed by atoms with Gasteiger partial charge in [0.15, 0.2) is 5.78 Å². The molecule has 1 aromatic rings. The normalized spacial score (nSPS) is 15.8. The summed E-state index contributed by atoms with van der Waals surface area (Å²) in [6.07, 6.45) is 2.58. The third kappa shape index (κ3) is 3.23. The van der Waals surface area contributed by atoms with Crippen LogP contribution in [0.1, 0.15) is 30.1 Å². The number of ether oxygens (including phenoxy) is 1. The number of likely N-dealkylation sites (tertiary alicyclic amines) is 1. The van der Waals surface area contributed by atoms with Crippen molar-refractivity contribution in [2.24, 2.45) is 0 Å². The molecule has 0 bridgehead atoms. The molecule has 2 rings (SSSR count). The number of nitrogen functional groups attached to an aromatic ring is 1. The van der Waals surface area contributed by atoms with Crippen LogP contribution in [0.15, 0.2) is 18.2 Å². The molecule has 0 radical (unpaired) electrons. The number of anilines is 1. The molecule has 1 fully saturated rings. The van der Waals surface area contributed by atoms with E-state index >= 15 is 0 Å². The van der Waals surface area contributed by atoms with Crippen LogP contribution in [0, 0.1) is 0 Å². The van der Waals surface area contributed by atoms with Crippen LogP contribution in [0.5, 0.6) is 5.75 Å². The SMILES string of the molecule is CC(=O)c1cc(OCCN2CCCC2)ccc1N. The van der Waals surface area contributed by atoms with Gasteiger partial charge in [0, 0.05) is 17.8 Å². The Hall–Kier alpha value is -1.55. The highest BCUT2D eigenvalue weighted by atomic mass is 16.5. The van der Waals surface area contributed by atoms with E-state index in [0.29, 0.717) is 23.6 Å². The standard InChI is InChI=1S/C14H20N2O2/c1-11(17)13-10-12(4-5-14(13)15)18-9-8-16-6-2-3-7-16/h4-5,10H,2-3,6-9,15H2,1H3. The Kier molecular flexibility index (Phi) is 4.20. The molecule has 0 amide bonds. The summed E-state index contributed by atoms with van der Waals surface area (Å²) in [6.45, 7) is 5.45. The van der Waals surface area contributed by atoms with Gasteiger partial charge in [-0.25, -0.2) is 0 Å². The van der Waals surface area contributed by atoms with Gasteiger partial charge in [-0.3, -0.25) is 9.69 Å². The van der Waals surface area contributed by atoms with Gasteiger partial charge in [-0.05, 0) is 51.1 Å². The van der Waals surface area contributed by atoms with Gasteiger partial charge in [0.1, 0.15) is 12.4 Å². The van der Waals surface area contributed by atoms with E-state index in [1.54, 1.807) is 12.1 Å². The van der Waals surface area contributed by atoms with Crippen LogP contribution in [-0.4, -0.2) is 36.9 Å². The van der Waals surface area contributed by atoms with Crippen molar-refractivity contribution in [2.45, 2.75) is 19.8 Å². The predicted molar refractivity (Wildman–Crippen MR) is 72.0 cm³/mol. The number of nitrogens with two attached hydrogens (primary N) is 1. The van der Waals surface area contributed by atoms with Crippen molar-refractivity contribution in [2.75, 3.05) is 32.0 Å². The molecule has 1 aliphatic rings. The number of rotatable bonds is 5. The topological polar surface area (TPSA) is 55.6 Å². The van der Waals surface area contributed by atoms with Crippen LogP contribution < -0.4 is 10.5 Å². The van der Waals surface area contributed by atoms with Gasteiger partial charge in [0.2, 0.25) is 0 Å². The van der Waals surface area contributed by atoms with Crippen LogP contribution in [0.4, 0.5) is 5.69 Å². The van der Waals surface area contributed by atoms with Crippen molar-refractivity contribution in [3.63, 3.8) is 0 Å². The summed E-state index contributed by atoms with van der Waals surface area (Å²) in [5.41, 5.74) is 6.78. The smallest absolute Gasteiger partial charge is 0.162 e. The molecule has 1 saturated heterocycles. The fourth-order valence-electron chi connectivity index (χ4n) is 2.23. The Balaban J connectivity index is 1.88. The zero-order valence-corrected chi connectivity index (χ0v) is 10.8. The van der Waals surface area contributed by atoms with Crippen LogP contribution in [-0.2, 0) is 0 Å². The van der Waals surface area contributed by atoms with E-state index in [0.717, 1.165) is 6.54 Å². The lowest BCUT2D eigenvalue weighted by Crippen LogP contribution is -2.25. The molecule has 98 valence electrons. The van der Waals surface area contributed by atoms with Crippen molar-refractivity contribution < 1.29 is 9.53 Å². The third-order valence-electron chi connectivity index (χ3n) is 3.28. The highest BCUT2D eigenvalue weighted by Gasteiger charge is 2.11. The van der Waals surface area contributed by atoms with E-state index in [1.807, 2.05) is 6.07 Å². The second-order valence-electron chi connectivity index (χ2n) is 4.70. The molecule has 4 heteroatoms. The number of benzene rings is 1. The summed E-state index contributed by atoms with van der Waals surface area (Å²) in [4.78, 5) is 13.7. The summed E-state index contributed by atoms with van der Waals surface area (Å²) < 4.78 is 5.66. The Labute approximate surface area is 108 Å². The molecule has 1 heterocycles. The van der Waals surface area contributed by atoms with Crippen LogP contribution >= 0.6 is 0 Å². The van der Waals surface area contributed by atoms with E-state index in [4.69, 9.17) is 10.5 Å². The van der Waals surface area contributed by atoms with E-state index < -0.39 is 0 Å². The molecule has 1 aromatic carbocycles. The Morgan fingerprint density at radius 1 is 1.39 bits per heavy atom. The molecule has 0 spiro atoms. The lowest BCUT2D eigenvalue weighted by Gasteiger charge is -2.15. The number of carbonyl (C=O) groups is 1. The van der Waals surface area contributed by atoms with Gasteiger partial charge in [0.05, 0.1) is 0 Å². The first-order valence-electron chi connectivity index (χ1n) is 6.42. The molecule has 0 unspecified atom stereocenters. The molecule has 0 aromatic heterocycles. The third-order valence-corrected chi connectivity index (χ3v) is 3.28. The van der Waals surface area contributed by atoms with Crippen LogP contribution in [0.3, 0.4) is 0 Å². The maximum Gasteiger partial charge on any atom is 0.162 e. The fraction of sp³-hybridized carbons (Fsp3) is 0.500. The molecule has 18 heavy (non-hydrogen) atoms. The van der Waals surface area contributed by atoms with E-state index in [2.05, 4.69) is 4.90 Å². The van der Waals surface area contributed by atoms with E-state index in [1.165, 1.54) is 32.9 Å². The van der Waals surface area contributed by atoms with Gasteiger partial charge in [-0.2, -0.15) is 0 Å². The number of ketones is 1. The first kappa shape index (κ1) is 12.9. The lowest BCUT2D eigenvalue weighted by atomic mass is 10.1. The lowest BCUT2D eigenvalue weighted by molar-refractivity contribution is 0.101. The van der Waals surface area contributed by atoms with E-state index in [-0.39, 0.29) is 5.78 Å². The second kappa shape index (κ2) is 5.87. The highest BCUT2D eigenvalue weighted by Crippen LogP contribution is 2.20. The zero-order valence-electron chi connectivity index (χ0n) is 10.8. The maximum absolute atomic E-state index is 11.4. The average molecular weight is 248 g/mol. The fourth-order valence-corrected chi connectivity index (χ4v) is 2.23. The summed E-state index contributed by atoms with van der Waals surface area (Å²) in [7, 11) is 0. The van der Waals surface area contributed by atoms with Gasteiger partial charge >= 0.3 is 0 Å². The van der Waals surface area contributed by atoms with Gasteiger partial charge in [0.25, 0.3) is 0 Å². The Morgan fingerprint density at radius 3 is 2.78 bits per heavy atom. The Bertz CT molecular complexity index is 426. The molecule has 1 aliphatic heterocycles. The highest BCUT2D eigenvalue weighted by molar-refractivity contribution is 5.99. The average Bonchev–Trinajstić information content (AvgIpc) is 2.84. The number of carbonyl (C=O) groups excluding carboxylic acids is 1. The summed E-state index contributed by atoms with van der Waals surface area (Å²) in [5.74, 6) is 0.686. The summed E-state index contributed by atoms with van der Waals surface area (Å²) in [6, 6.07) is 5.26. The van der Waals surface area contributed by atoms with Crippen molar-refractivity contribution in [1.29, 1.82) is 0 Å². The molecule has 0 saturated carbocycles. The first-order valence-corrected chi connectivity index (χ1v) is 6.42. The second-order valence-corrected chi connectivity index (χ2v) is 4.70. The quantitative estimate of drug-likeness (QED) is 0.639. The molecular formula is C14H20N2O2. The summed E-state index contributed by atoms with van der Waals surface area (Å²) >= 11 is 0. The van der Waals surface area contributed by atoms with Gasteiger partial charge < -0.3 is 10.5 Å². The number of hydrogen-bond acceptors (Lipinski definition) is 4. The van der Waals surface area contributed by atoms with Crippen molar-refractivity contribution in [3.05, 3.63) is 23.8 Å². The van der Waals surface area contributed by atoms with E-state index in [9.17, 15) is 4.79 Å². The number of nitrogens with zero attached hydrogens (tertiary/aromatic N) is 1. The van der Waals surface area contributed by atoms with Crippen molar-refractivity contribution >= 4 is 11.5 Å². The summed E-state index contributed by atoms with van der Waals surface area (Å²) in [5, 5.41) is 0. The minimum absolute atomic E-state index is 0.0301. The number of hydrogen-bond donors (Lipinski definition) is 1. The molecule has 0 atom stereocenters. The van der Waals surface area contributed by atoms with Crippen LogP contribution in [0.2, 0.25) is 0 Å². The zero-order chi connectivity index (χ0) is 13.0. The molecular weight excluding hydrogens is 228 g/mol. The molecule has 4 nitrogen and oxygen atoms in total. The first-order chi connectivity index (χ1) is 8.66. The predicted octanol–water partition coefficient (Wildman–Crippen LogP) is 1.95. The largest absolute Gasteiger partial charge is 0.492 e. The van der Waals surface area contributed by atoms with Crippen molar-refractivity contribution in [3.8, 4) is 5.75 Å². The van der Waals surface area contributed by atoms with Crippen LogP contribution in [0.25, 0.3) is 0 Å². The van der Waals surface area contributed by atoms with Gasteiger partial charge in [-0.1, -0.05) is 0 Å². The molecule has 0 aliphatic carbocycles. The minimum atomic E-state index is -0.0301. The monoisotopic (exact) mass is 248 g/mol. The maximum atomic E-state index is 11.4. The van der Waals surface area contributed by atoms with Gasteiger partial charge in [-0.15, -0.1) is 0 Å². The minimum Gasteiger partial charge on any atom is -0.492 e. The Morgan fingerprint density at radius 2 is 2.11 bits per heavy atom. The number of Topliss-reactive ketones (excluding diaryl/α,β-unsaturated/α-hetero) is 1. The van der Waals surface area contributed by atoms with Crippen molar-refractivity contribution in [1.82, 2.24) is 4.90 Å².